The van der Waals surface area contributed by atoms with E-state index in [0.29, 0.717) is 29.8 Å². The topological polar surface area (TPSA) is 66.9 Å². The van der Waals surface area contributed by atoms with Crippen molar-refractivity contribution >= 4 is 23.6 Å². The molecule has 0 radical (unpaired) electrons. The molecule has 6 nitrogen and oxygen atoms in total. The third kappa shape index (κ3) is 3.13. The number of hydrogen-bond acceptors (Lipinski definition) is 4. The molecule has 2 aliphatic heterocycles. The largest absolute Gasteiger partial charge is 0.443 e. The second-order valence-corrected chi connectivity index (χ2v) is 10.4. The summed E-state index contributed by atoms with van der Waals surface area (Å²) >= 11 is 0. The Bertz CT molecular complexity index is 1330. The van der Waals surface area contributed by atoms with Gasteiger partial charge in [-0.2, -0.15) is 0 Å². The van der Waals surface area contributed by atoms with E-state index in [4.69, 9.17) is 4.74 Å². The molecular formula is C30H30N2O4. The van der Waals surface area contributed by atoms with Crippen LogP contribution >= 0.6 is 0 Å². The van der Waals surface area contributed by atoms with Gasteiger partial charge >= 0.3 is 6.09 Å². The molecule has 6 heteroatoms. The van der Waals surface area contributed by atoms with E-state index in [0.717, 1.165) is 10.5 Å². The maximum Gasteiger partial charge on any atom is 0.418 e. The molecule has 2 atom stereocenters. The number of nitrogens with zero attached hydrogens (tertiary/aromatic N) is 2. The minimum atomic E-state index is -1.55. The summed E-state index contributed by atoms with van der Waals surface area (Å²) in [4.78, 5) is 45.1. The minimum Gasteiger partial charge on any atom is -0.443 e. The van der Waals surface area contributed by atoms with Crippen molar-refractivity contribution in [3.8, 4) is 0 Å². The van der Waals surface area contributed by atoms with Gasteiger partial charge in [-0.25, -0.2) is 9.69 Å². The third-order valence-electron chi connectivity index (χ3n) is 7.22. The summed E-state index contributed by atoms with van der Waals surface area (Å²) in [5.41, 5.74) is -0.627. The smallest absolute Gasteiger partial charge is 0.418 e. The molecule has 1 spiro atoms. The lowest BCUT2D eigenvalue weighted by Crippen LogP contribution is -2.82. The Morgan fingerprint density at radius 3 is 2.03 bits per heavy atom. The number of amides is 3. The highest BCUT2D eigenvalue weighted by Gasteiger charge is 2.81. The number of carbonyl (C=O) groups is 3. The first kappa shape index (κ1) is 23.8. The molecule has 2 heterocycles. The lowest BCUT2D eigenvalue weighted by molar-refractivity contribution is -0.181. The van der Waals surface area contributed by atoms with Gasteiger partial charge < -0.3 is 9.64 Å². The SMILES string of the molecule is CC[C@@]1(c2ccccc2)C(=O)N(C(=O)OC(C)(C)C)[C@@]12C(=O)N(Cc1ccccc1)c1ccccc12. The lowest BCUT2D eigenvalue weighted by Gasteiger charge is -2.60. The van der Waals surface area contributed by atoms with Gasteiger partial charge in [0.15, 0.2) is 5.54 Å². The van der Waals surface area contributed by atoms with E-state index in [2.05, 4.69) is 0 Å². The van der Waals surface area contributed by atoms with Crippen LogP contribution in [0.25, 0.3) is 0 Å². The maximum atomic E-state index is 14.7. The Hall–Kier alpha value is -3.93. The number of benzene rings is 3. The summed E-state index contributed by atoms with van der Waals surface area (Å²) < 4.78 is 5.68. The molecule has 0 aromatic heterocycles. The van der Waals surface area contributed by atoms with Crippen molar-refractivity contribution in [2.75, 3.05) is 4.90 Å². The van der Waals surface area contributed by atoms with Crippen LogP contribution in [0.1, 0.15) is 50.8 Å². The Kier molecular flexibility index (Phi) is 5.51. The van der Waals surface area contributed by atoms with E-state index >= 15 is 0 Å². The number of β-lactam (4-membered cyclic amide) rings is 1. The van der Waals surface area contributed by atoms with Gasteiger partial charge in [-0.3, -0.25) is 9.59 Å². The van der Waals surface area contributed by atoms with Gasteiger partial charge in [-0.15, -0.1) is 0 Å². The standard InChI is InChI=1S/C30H30N2O4/c1-5-29(22-16-10-7-11-17-22)25(33)32(27(35)36-28(2,3)4)30(29)23-18-12-13-19-24(23)31(26(30)34)20-21-14-8-6-9-15-21/h6-19H,5,20H2,1-4H3/t29-,30+/m1/s1. The van der Waals surface area contributed by atoms with Crippen molar-refractivity contribution in [1.82, 2.24) is 4.90 Å². The lowest BCUT2D eigenvalue weighted by atomic mass is 9.53. The van der Waals surface area contributed by atoms with Crippen molar-refractivity contribution < 1.29 is 19.1 Å². The molecule has 0 N–H and O–H groups in total. The first-order valence-corrected chi connectivity index (χ1v) is 12.3. The number of anilines is 1. The van der Waals surface area contributed by atoms with Gasteiger partial charge in [-0.1, -0.05) is 85.8 Å². The Labute approximate surface area is 211 Å². The summed E-state index contributed by atoms with van der Waals surface area (Å²) in [7, 11) is 0. The molecular weight excluding hydrogens is 452 g/mol. The van der Waals surface area contributed by atoms with Gasteiger partial charge in [0.1, 0.15) is 11.0 Å². The average Bonchev–Trinajstić information content (AvgIpc) is 3.10. The number of para-hydroxylation sites is 1. The van der Waals surface area contributed by atoms with E-state index in [-0.39, 0.29) is 5.91 Å². The summed E-state index contributed by atoms with van der Waals surface area (Å²) in [6.45, 7) is 7.47. The van der Waals surface area contributed by atoms with E-state index in [1.54, 1.807) is 25.7 Å². The fourth-order valence-electron chi connectivity index (χ4n) is 5.82. The molecule has 5 rings (SSSR count). The first-order valence-electron chi connectivity index (χ1n) is 12.3. The summed E-state index contributed by atoms with van der Waals surface area (Å²) in [5.74, 6) is -0.723. The molecule has 2 aliphatic rings. The van der Waals surface area contributed by atoms with Crippen molar-refractivity contribution in [2.24, 2.45) is 0 Å². The highest BCUT2D eigenvalue weighted by atomic mass is 16.6. The Balaban J connectivity index is 1.75. The van der Waals surface area contributed by atoms with Crippen molar-refractivity contribution in [3.63, 3.8) is 0 Å². The third-order valence-corrected chi connectivity index (χ3v) is 7.22. The molecule has 0 bridgehead atoms. The number of rotatable bonds is 4. The molecule has 1 saturated heterocycles. The van der Waals surface area contributed by atoms with Crippen molar-refractivity contribution in [1.29, 1.82) is 0 Å². The monoisotopic (exact) mass is 482 g/mol. The van der Waals surface area contributed by atoms with E-state index in [9.17, 15) is 14.4 Å². The highest BCUT2D eigenvalue weighted by molar-refractivity contribution is 6.23. The summed E-state index contributed by atoms with van der Waals surface area (Å²) in [5, 5.41) is 0. The van der Waals surface area contributed by atoms with E-state index < -0.39 is 28.6 Å². The molecule has 0 unspecified atom stereocenters. The zero-order chi connectivity index (χ0) is 25.7. The normalized spacial score (nSPS) is 23.0. The highest BCUT2D eigenvalue weighted by Crippen LogP contribution is 2.64. The summed E-state index contributed by atoms with van der Waals surface area (Å²) in [6, 6.07) is 26.5. The second-order valence-electron chi connectivity index (χ2n) is 10.4. The minimum absolute atomic E-state index is 0.302. The molecule has 184 valence electrons. The molecule has 3 aromatic rings. The zero-order valence-electron chi connectivity index (χ0n) is 21.0. The molecule has 0 saturated carbocycles. The molecule has 1 fully saturated rings. The van der Waals surface area contributed by atoms with Gasteiger partial charge in [0.2, 0.25) is 5.91 Å². The van der Waals surface area contributed by atoms with Crippen LogP contribution in [0.15, 0.2) is 84.9 Å². The van der Waals surface area contributed by atoms with Crippen molar-refractivity contribution in [3.05, 3.63) is 102 Å². The van der Waals surface area contributed by atoms with E-state index in [1.165, 1.54) is 0 Å². The molecule has 0 aliphatic carbocycles. The van der Waals surface area contributed by atoms with Gasteiger partial charge in [0.25, 0.3) is 5.91 Å². The van der Waals surface area contributed by atoms with Crippen LogP contribution in [0.5, 0.6) is 0 Å². The predicted octanol–water partition coefficient (Wildman–Crippen LogP) is 5.55. The second kappa shape index (κ2) is 8.33. The van der Waals surface area contributed by atoms with Crippen LogP contribution < -0.4 is 4.90 Å². The molecule has 3 aromatic carbocycles. The average molecular weight is 483 g/mol. The number of ether oxygens (including phenoxy) is 1. The number of imide groups is 1. The molecule has 36 heavy (non-hydrogen) atoms. The fraction of sp³-hybridized carbons (Fsp3) is 0.300. The Morgan fingerprint density at radius 1 is 0.833 bits per heavy atom. The number of fused-ring (bicyclic) bond motifs is 2. The zero-order valence-corrected chi connectivity index (χ0v) is 21.0. The predicted molar refractivity (Wildman–Crippen MR) is 137 cm³/mol. The van der Waals surface area contributed by atoms with Crippen LogP contribution in [0.2, 0.25) is 0 Å². The fourth-order valence-corrected chi connectivity index (χ4v) is 5.82. The van der Waals surface area contributed by atoms with Crippen LogP contribution in [0, 0.1) is 0 Å². The van der Waals surface area contributed by atoms with Gasteiger partial charge in [-0.05, 0) is 44.4 Å². The van der Waals surface area contributed by atoms with Crippen LogP contribution in [-0.2, 0) is 31.8 Å². The molecule has 3 amide bonds. The maximum absolute atomic E-state index is 14.7. The summed E-state index contributed by atoms with van der Waals surface area (Å²) in [6.07, 6.45) is -0.466. The number of carbonyl (C=O) groups excluding carboxylic acids is 3. The van der Waals surface area contributed by atoms with E-state index in [1.807, 2.05) is 91.9 Å². The number of likely N-dealkylation sites (tertiary alicyclic amines) is 1. The van der Waals surface area contributed by atoms with Crippen molar-refractivity contribution in [2.45, 2.75) is 57.2 Å². The number of hydrogen-bond donors (Lipinski definition) is 0. The van der Waals surface area contributed by atoms with Gasteiger partial charge in [0.05, 0.1) is 12.2 Å². The quantitative estimate of drug-likeness (QED) is 0.457. The van der Waals surface area contributed by atoms with Gasteiger partial charge in [0, 0.05) is 5.56 Å². The van der Waals surface area contributed by atoms with Crippen LogP contribution in [-0.4, -0.2) is 28.4 Å². The van der Waals surface area contributed by atoms with Crippen LogP contribution in [0.4, 0.5) is 10.5 Å². The Morgan fingerprint density at radius 2 is 1.42 bits per heavy atom. The van der Waals surface area contributed by atoms with Crippen LogP contribution in [0.3, 0.4) is 0 Å². The first-order chi connectivity index (χ1) is 17.2.